The SMILES string of the molecule is CCOCCCNC(=O)C1CCN(C(=O)c2cccc(C(=O)O)n2)CC1. The van der Waals surface area contributed by atoms with Crippen molar-refractivity contribution in [1.29, 1.82) is 0 Å². The number of hydrogen-bond donors (Lipinski definition) is 2. The topological polar surface area (TPSA) is 109 Å². The number of likely N-dealkylation sites (tertiary alicyclic amines) is 1. The van der Waals surface area contributed by atoms with E-state index in [9.17, 15) is 14.4 Å². The van der Waals surface area contributed by atoms with E-state index in [1.54, 1.807) is 4.90 Å². The largest absolute Gasteiger partial charge is 0.477 e. The fraction of sp³-hybridized carbons (Fsp3) is 0.556. The number of carboxylic acid groups (broad SMARTS) is 1. The van der Waals surface area contributed by atoms with E-state index in [1.165, 1.54) is 18.2 Å². The quantitative estimate of drug-likeness (QED) is 0.671. The fourth-order valence-electron chi connectivity index (χ4n) is 2.85. The Morgan fingerprint density at radius 3 is 2.62 bits per heavy atom. The number of rotatable bonds is 8. The summed E-state index contributed by atoms with van der Waals surface area (Å²) in [6.07, 6.45) is 1.95. The molecule has 26 heavy (non-hydrogen) atoms. The van der Waals surface area contributed by atoms with Crippen molar-refractivity contribution in [2.75, 3.05) is 32.8 Å². The van der Waals surface area contributed by atoms with Crippen molar-refractivity contribution >= 4 is 17.8 Å². The molecule has 0 atom stereocenters. The first-order chi connectivity index (χ1) is 12.5. The number of nitrogens with zero attached hydrogens (tertiary/aromatic N) is 2. The summed E-state index contributed by atoms with van der Waals surface area (Å²) in [5, 5.41) is 11.9. The average Bonchev–Trinajstić information content (AvgIpc) is 2.67. The van der Waals surface area contributed by atoms with Gasteiger partial charge in [0.25, 0.3) is 5.91 Å². The Hall–Kier alpha value is -2.48. The normalized spacial score (nSPS) is 14.9. The first-order valence-corrected chi connectivity index (χ1v) is 8.88. The van der Waals surface area contributed by atoms with Gasteiger partial charge in [-0.2, -0.15) is 0 Å². The molecule has 2 rings (SSSR count). The van der Waals surface area contributed by atoms with Crippen molar-refractivity contribution in [2.45, 2.75) is 26.2 Å². The van der Waals surface area contributed by atoms with Gasteiger partial charge in [0.05, 0.1) is 0 Å². The summed E-state index contributed by atoms with van der Waals surface area (Å²) >= 11 is 0. The molecule has 142 valence electrons. The van der Waals surface area contributed by atoms with Crippen molar-refractivity contribution in [3.63, 3.8) is 0 Å². The number of carbonyl (C=O) groups excluding carboxylic acids is 2. The Kier molecular flexibility index (Phi) is 7.53. The van der Waals surface area contributed by atoms with Crippen LogP contribution < -0.4 is 5.32 Å². The molecule has 1 fully saturated rings. The van der Waals surface area contributed by atoms with Crippen molar-refractivity contribution in [2.24, 2.45) is 5.92 Å². The lowest BCUT2D eigenvalue weighted by molar-refractivity contribution is -0.126. The Morgan fingerprint density at radius 2 is 1.96 bits per heavy atom. The lowest BCUT2D eigenvalue weighted by atomic mass is 9.95. The molecule has 0 spiro atoms. The molecule has 2 heterocycles. The van der Waals surface area contributed by atoms with Gasteiger partial charge in [-0.3, -0.25) is 9.59 Å². The second-order valence-electron chi connectivity index (χ2n) is 6.12. The van der Waals surface area contributed by atoms with Gasteiger partial charge in [0, 0.05) is 38.8 Å². The van der Waals surface area contributed by atoms with E-state index in [0.717, 1.165) is 6.42 Å². The highest BCUT2D eigenvalue weighted by molar-refractivity contribution is 5.94. The highest BCUT2D eigenvalue weighted by atomic mass is 16.5. The maximum atomic E-state index is 12.5. The zero-order valence-corrected chi connectivity index (χ0v) is 14.9. The predicted molar refractivity (Wildman–Crippen MR) is 93.9 cm³/mol. The molecule has 0 radical (unpaired) electrons. The van der Waals surface area contributed by atoms with E-state index >= 15 is 0 Å². The van der Waals surface area contributed by atoms with Crippen LogP contribution in [0.4, 0.5) is 0 Å². The summed E-state index contributed by atoms with van der Waals surface area (Å²) in [5.41, 5.74) is -0.0408. The number of amides is 2. The monoisotopic (exact) mass is 363 g/mol. The van der Waals surface area contributed by atoms with Crippen molar-refractivity contribution in [3.05, 3.63) is 29.6 Å². The van der Waals surface area contributed by atoms with E-state index in [1.807, 2.05) is 6.92 Å². The van der Waals surface area contributed by atoms with Gasteiger partial charge in [0.15, 0.2) is 0 Å². The molecule has 0 saturated carbocycles. The van der Waals surface area contributed by atoms with Gasteiger partial charge in [0.1, 0.15) is 11.4 Å². The lowest BCUT2D eigenvalue weighted by Crippen LogP contribution is -2.43. The molecule has 1 saturated heterocycles. The highest BCUT2D eigenvalue weighted by Crippen LogP contribution is 2.19. The van der Waals surface area contributed by atoms with Crippen molar-refractivity contribution in [3.8, 4) is 0 Å². The fourth-order valence-corrected chi connectivity index (χ4v) is 2.85. The Balaban J connectivity index is 1.80. The van der Waals surface area contributed by atoms with E-state index < -0.39 is 5.97 Å². The minimum absolute atomic E-state index is 0.0135. The highest BCUT2D eigenvalue weighted by Gasteiger charge is 2.28. The molecule has 1 aromatic rings. The number of piperidine rings is 1. The summed E-state index contributed by atoms with van der Waals surface area (Å²) in [6, 6.07) is 4.36. The van der Waals surface area contributed by atoms with Crippen LogP contribution in [0.5, 0.6) is 0 Å². The third kappa shape index (κ3) is 5.52. The van der Waals surface area contributed by atoms with Gasteiger partial charge in [-0.25, -0.2) is 9.78 Å². The van der Waals surface area contributed by atoms with E-state index in [-0.39, 0.29) is 29.1 Å². The van der Waals surface area contributed by atoms with E-state index in [4.69, 9.17) is 9.84 Å². The zero-order valence-electron chi connectivity index (χ0n) is 14.9. The van der Waals surface area contributed by atoms with Crippen LogP contribution >= 0.6 is 0 Å². The van der Waals surface area contributed by atoms with Crippen LogP contribution in [0.2, 0.25) is 0 Å². The third-order valence-corrected chi connectivity index (χ3v) is 4.31. The second kappa shape index (κ2) is 9.86. The first-order valence-electron chi connectivity index (χ1n) is 8.88. The number of nitrogens with one attached hydrogen (secondary N) is 1. The average molecular weight is 363 g/mol. The molecule has 8 heteroatoms. The first kappa shape index (κ1) is 19.8. The molecule has 1 aliphatic rings. The molecule has 8 nitrogen and oxygen atoms in total. The van der Waals surface area contributed by atoms with Gasteiger partial charge in [-0.1, -0.05) is 6.07 Å². The number of ether oxygens (including phenoxy) is 1. The van der Waals surface area contributed by atoms with Crippen LogP contribution in [0.1, 0.15) is 47.2 Å². The molecule has 0 bridgehead atoms. The standard InChI is InChI=1S/C18H25N3O5/c1-2-26-12-4-9-19-16(22)13-7-10-21(11-8-13)17(23)14-5-3-6-15(20-14)18(24)25/h3,5-6,13H,2,4,7-12H2,1H3,(H,19,22)(H,24,25). The molecule has 0 unspecified atom stereocenters. The van der Waals surface area contributed by atoms with Gasteiger partial charge >= 0.3 is 5.97 Å². The van der Waals surface area contributed by atoms with Crippen LogP contribution in [0, 0.1) is 5.92 Å². The van der Waals surface area contributed by atoms with Crippen molar-refractivity contribution in [1.82, 2.24) is 15.2 Å². The molecule has 1 aromatic heterocycles. The number of hydrogen-bond acceptors (Lipinski definition) is 5. The van der Waals surface area contributed by atoms with E-state index in [0.29, 0.717) is 45.7 Å². The Labute approximate surface area is 152 Å². The van der Waals surface area contributed by atoms with E-state index in [2.05, 4.69) is 10.3 Å². The second-order valence-corrected chi connectivity index (χ2v) is 6.12. The van der Waals surface area contributed by atoms with Gasteiger partial charge in [0.2, 0.25) is 5.91 Å². The summed E-state index contributed by atoms with van der Waals surface area (Å²) in [6.45, 7) is 4.73. The maximum Gasteiger partial charge on any atom is 0.354 e. The predicted octanol–water partition coefficient (Wildman–Crippen LogP) is 1.17. The number of carboxylic acids is 1. The summed E-state index contributed by atoms with van der Waals surface area (Å²) < 4.78 is 5.23. The van der Waals surface area contributed by atoms with Crippen molar-refractivity contribution < 1.29 is 24.2 Å². The smallest absolute Gasteiger partial charge is 0.354 e. The Bertz CT molecular complexity index is 641. The number of aromatic nitrogens is 1. The Morgan fingerprint density at radius 1 is 1.27 bits per heavy atom. The summed E-state index contributed by atoms with van der Waals surface area (Å²) in [7, 11) is 0. The lowest BCUT2D eigenvalue weighted by Gasteiger charge is -2.31. The molecular formula is C18H25N3O5. The van der Waals surface area contributed by atoms with Crippen LogP contribution in [0.15, 0.2) is 18.2 Å². The number of carbonyl (C=O) groups is 3. The van der Waals surface area contributed by atoms with Gasteiger partial charge in [-0.15, -0.1) is 0 Å². The molecule has 0 aliphatic carbocycles. The zero-order chi connectivity index (χ0) is 18.9. The van der Waals surface area contributed by atoms with Crippen LogP contribution in [-0.4, -0.2) is 65.6 Å². The molecule has 0 aromatic carbocycles. The number of pyridine rings is 1. The third-order valence-electron chi connectivity index (χ3n) is 4.31. The molecular weight excluding hydrogens is 338 g/mol. The molecule has 2 N–H and O–H groups in total. The van der Waals surface area contributed by atoms with Crippen LogP contribution in [0.3, 0.4) is 0 Å². The van der Waals surface area contributed by atoms with Gasteiger partial charge in [-0.05, 0) is 38.3 Å². The number of aromatic carboxylic acids is 1. The van der Waals surface area contributed by atoms with Crippen LogP contribution in [0.25, 0.3) is 0 Å². The minimum atomic E-state index is -1.17. The maximum absolute atomic E-state index is 12.5. The molecule has 2 amide bonds. The van der Waals surface area contributed by atoms with Crippen LogP contribution in [-0.2, 0) is 9.53 Å². The summed E-state index contributed by atoms with van der Waals surface area (Å²) in [5.74, 6) is -1.56. The molecule has 1 aliphatic heterocycles. The summed E-state index contributed by atoms with van der Waals surface area (Å²) in [4.78, 5) is 41.1. The van der Waals surface area contributed by atoms with Gasteiger partial charge < -0.3 is 20.1 Å². The minimum Gasteiger partial charge on any atom is -0.477 e.